The standard InChI is InChI=1S/C11H11F3N2O/c1-4-8(6-5-7(2)3)9-15-10(17-16-9)11(12,13)14/h4-6H,1H2,2-3H3/b8-6+. The molecule has 1 rings (SSSR count). The zero-order valence-corrected chi connectivity index (χ0v) is 9.38. The maximum Gasteiger partial charge on any atom is 0.471 e. The molecule has 0 atom stereocenters. The Morgan fingerprint density at radius 3 is 2.35 bits per heavy atom. The van der Waals surface area contributed by atoms with Crippen molar-refractivity contribution < 1.29 is 17.7 Å². The van der Waals surface area contributed by atoms with E-state index < -0.39 is 12.1 Å². The van der Waals surface area contributed by atoms with Gasteiger partial charge in [-0.05, 0) is 13.8 Å². The quantitative estimate of drug-likeness (QED) is 0.762. The third-order valence-corrected chi connectivity index (χ3v) is 1.74. The van der Waals surface area contributed by atoms with E-state index in [-0.39, 0.29) is 5.82 Å². The SMILES string of the molecule is C=C/C(=C\C=C(C)C)c1noc(C(F)(F)F)n1. The van der Waals surface area contributed by atoms with E-state index in [9.17, 15) is 13.2 Å². The lowest BCUT2D eigenvalue weighted by atomic mass is 10.2. The summed E-state index contributed by atoms with van der Waals surface area (Å²) in [7, 11) is 0. The topological polar surface area (TPSA) is 38.9 Å². The van der Waals surface area contributed by atoms with Crippen molar-refractivity contribution in [3.05, 3.63) is 42.1 Å². The molecule has 0 aliphatic carbocycles. The van der Waals surface area contributed by atoms with E-state index in [1.54, 1.807) is 12.2 Å². The smallest absolute Gasteiger partial charge is 0.329 e. The van der Waals surface area contributed by atoms with E-state index in [0.717, 1.165) is 5.57 Å². The van der Waals surface area contributed by atoms with Gasteiger partial charge < -0.3 is 4.52 Å². The Bertz CT molecular complexity index is 465. The molecule has 1 aromatic heterocycles. The predicted molar refractivity (Wildman–Crippen MR) is 56.9 cm³/mol. The van der Waals surface area contributed by atoms with E-state index in [0.29, 0.717) is 5.57 Å². The second-order valence-corrected chi connectivity index (χ2v) is 3.49. The van der Waals surface area contributed by atoms with Crippen LogP contribution in [0.1, 0.15) is 25.6 Å². The average molecular weight is 244 g/mol. The Hall–Kier alpha value is -1.85. The molecule has 6 heteroatoms. The van der Waals surface area contributed by atoms with E-state index in [4.69, 9.17) is 0 Å². The Labute approximate surface area is 96.3 Å². The van der Waals surface area contributed by atoms with E-state index in [1.807, 2.05) is 13.8 Å². The van der Waals surface area contributed by atoms with Crippen LogP contribution in [0, 0.1) is 0 Å². The minimum Gasteiger partial charge on any atom is -0.329 e. The molecule has 92 valence electrons. The number of halogens is 3. The molecule has 0 fully saturated rings. The fourth-order valence-corrected chi connectivity index (χ4v) is 0.946. The Balaban J connectivity index is 3.07. The lowest BCUT2D eigenvalue weighted by molar-refractivity contribution is -0.159. The predicted octanol–water partition coefficient (Wildman–Crippen LogP) is 3.62. The molecule has 1 heterocycles. The summed E-state index contributed by atoms with van der Waals surface area (Å²) in [6, 6.07) is 0. The van der Waals surface area contributed by atoms with Crippen molar-refractivity contribution in [2.24, 2.45) is 0 Å². The first-order valence-corrected chi connectivity index (χ1v) is 4.73. The first-order valence-electron chi connectivity index (χ1n) is 4.73. The monoisotopic (exact) mass is 244 g/mol. The molecule has 0 spiro atoms. The summed E-state index contributed by atoms with van der Waals surface area (Å²) in [5, 5.41) is 3.26. The van der Waals surface area contributed by atoms with Gasteiger partial charge in [0.15, 0.2) is 0 Å². The van der Waals surface area contributed by atoms with Crippen LogP contribution in [-0.4, -0.2) is 10.1 Å². The number of rotatable bonds is 3. The highest BCUT2D eigenvalue weighted by Crippen LogP contribution is 2.28. The molecule has 0 aromatic carbocycles. The van der Waals surface area contributed by atoms with E-state index in [1.165, 1.54) is 6.08 Å². The summed E-state index contributed by atoms with van der Waals surface area (Å²) >= 11 is 0. The van der Waals surface area contributed by atoms with Crippen LogP contribution in [0.3, 0.4) is 0 Å². The third kappa shape index (κ3) is 3.58. The molecule has 0 bridgehead atoms. The number of aromatic nitrogens is 2. The van der Waals surface area contributed by atoms with Crippen molar-refractivity contribution in [3.8, 4) is 0 Å². The summed E-state index contributed by atoms with van der Waals surface area (Å²) < 4.78 is 40.8. The molecule has 0 saturated carbocycles. The van der Waals surface area contributed by atoms with Crippen molar-refractivity contribution in [2.75, 3.05) is 0 Å². The highest BCUT2D eigenvalue weighted by Gasteiger charge is 2.38. The van der Waals surface area contributed by atoms with Crippen molar-refractivity contribution in [1.82, 2.24) is 10.1 Å². The second kappa shape index (κ2) is 4.99. The molecular weight excluding hydrogens is 233 g/mol. The van der Waals surface area contributed by atoms with Gasteiger partial charge in [-0.3, -0.25) is 0 Å². The molecule has 0 amide bonds. The van der Waals surface area contributed by atoms with Gasteiger partial charge >= 0.3 is 12.1 Å². The second-order valence-electron chi connectivity index (χ2n) is 3.49. The van der Waals surface area contributed by atoms with Gasteiger partial charge in [0.25, 0.3) is 0 Å². The van der Waals surface area contributed by atoms with Crippen molar-refractivity contribution in [3.63, 3.8) is 0 Å². The van der Waals surface area contributed by atoms with Gasteiger partial charge in [-0.1, -0.05) is 35.5 Å². The van der Waals surface area contributed by atoms with Crippen LogP contribution in [0.15, 0.2) is 34.9 Å². The Kier molecular flexibility index (Phi) is 3.88. The van der Waals surface area contributed by atoms with Gasteiger partial charge in [-0.15, -0.1) is 0 Å². The highest BCUT2D eigenvalue weighted by atomic mass is 19.4. The zero-order chi connectivity index (χ0) is 13.1. The number of hydrogen-bond donors (Lipinski definition) is 0. The van der Waals surface area contributed by atoms with Gasteiger partial charge in [0, 0.05) is 5.57 Å². The van der Waals surface area contributed by atoms with Gasteiger partial charge in [0.2, 0.25) is 5.82 Å². The first kappa shape index (κ1) is 13.2. The molecule has 0 radical (unpaired) electrons. The van der Waals surface area contributed by atoms with Gasteiger partial charge in [0.1, 0.15) is 0 Å². The zero-order valence-electron chi connectivity index (χ0n) is 9.38. The van der Waals surface area contributed by atoms with Crippen LogP contribution < -0.4 is 0 Å². The molecule has 0 saturated heterocycles. The van der Waals surface area contributed by atoms with Crippen LogP contribution in [0.4, 0.5) is 13.2 Å². The average Bonchev–Trinajstić information content (AvgIpc) is 2.67. The lowest BCUT2D eigenvalue weighted by Gasteiger charge is -1.96. The molecule has 0 aliphatic rings. The number of hydrogen-bond acceptors (Lipinski definition) is 3. The van der Waals surface area contributed by atoms with E-state index in [2.05, 4.69) is 21.2 Å². The first-order chi connectivity index (χ1) is 7.84. The molecule has 3 nitrogen and oxygen atoms in total. The fourth-order valence-electron chi connectivity index (χ4n) is 0.946. The minimum atomic E-state index is -4.63. The minimum absolute atomic E-state index is 0.134. The lowest BCUT2D eigenvalue weighted by Crippen LogP contribution is -2.05. The van der Waals surface area contributed by atoms with Crippen molar-refractivity contribution in [2.45, 2.75) is 20.0 Å². The Morgan fingerprint density at radius 2 is 1.94 bits per heavy atom. The maximum absolute atomic E-state index is 12.2. The number of allylic oxidation sites excluding steroid dienone is 5. The highest BCUT2D eigenvalue weighted by molar-refractivity contribution is 5.70. The summed E-state index contributed by atoms with van der Waals surface area (Å²) in [4.78, 5) is 3.26. The largest absolute Gasteiger partial charge is 0.471 e. The molecule has 0 unspecified atom stereocenters. The summed E-state index contributed by atoms with van der Waals surface area (Å²) in [5.41, 5.74) is 1.36. The molecular formula is C11H11F3N2O. The normalized spacial score (nSPS) is 12.4. The number of nitrogens with zero attached hydrogens (tertiary/aromatic N) is 2. The van der Waals surface area contributed by atoms with Crippen LogP contribution >= 0.6 is 0 Å². The van der Waals surface area contributed by atoms with Gasteiger partial charge in [0.05, 0.1) is 0 Å². The van der Waals surface area contributed by atoms with Crippen LogP contribution in [0.5, 0.6) is 0 Å². The van der Waals surface area contributed by atoms with Gasteiger partial charge in [-0.2, -0.15) is 18.2 Å². The van der Waals surface area contributed by atoms with Crippen LogP contribution in [0.2, 0.25) is 0 Å². The van der Waals surface area contributed by atoms with Crippen molar-refractivity contribution in [1.29, 1.82) is 0 Å². The van der Waals surface area contributed by atoms with Crippen LogP contribution in [-0.2, 0) is 6.18 Å². The summed E-state index contributed by atoms with van der Waals surface area (Å²) in [5.74, 6) is -1.50. The Morgan fingerprint density at radius 1 is 1.29 bits per heavy atom. The molecule has 0 N–H and O–H groups in total. The van der Waals surface area contributed by atoms with Crippen molar-refractivity contribution >= 4 is 5.57 Å². The summed E-state index contributed by atoms with van der Waals surface area (Å²) in [6.45, 7) is 7.20. The van der Waals surface area contributed by atoms with Gasteiger partial charge in [-0.25, -0.2) is 0 Å². The van der Waals surface area contributed by atoms with Crippen LogP contribution in [0.25, 0.3) is 5.57 Å². The number of alkyl halides is 3. The van der Waals surface area contributed by atoms with E-state index >= 15 is 0 Å². The molecule has 17 heavy (non-hydrogen) atoms. The molecule has 1 aromatic rings. The summed E-state index contributed by atoms with van der Waals surface area (Å²) in [6.07, 6.45) is 0.0342. The third-order valence-electron chi connectivity index (χ3n) is 1.74. The maximum atomic E-state index is 12.2. The fraction of sp³-hybridized carbons (Fsp3) is 0.273. The molecule has 0 aliphatic heterocycles.